The van der Waals surface area contributed by atoms with Crippen LogP contribution >= 0.6 is 15.9 Å². The quantitative estimate of drug-likeness (QED) is 0.644. The molecular formula is C11H14BrN3O3. The highest BCUT2D eigenvalue weighted by Gasteiger charge is 2.13. The van der Waals surface area contributed by atoms with E-state index in [-0.39, 0.29) is 24.1 Å². The molecule has 0 radical (unpaired) electrons. The topological polar surface area (TPSA) is 98.3 Å². The number of anilines is 1. The number of halogens is 1. The third-order valence-electron chi connectivity index (χ3n) is 2.41. The first-order valence-electron chi connectivity index (χ1n) is 5.43. The third-order valence-corrected chi connectivity index (χ3v) is 3.10. The van der Waals surface area contributed by atoms with Gasteiger partial charge in [-0.05, 0) is 28.4 Å². The number of nitro groups is 1. The number of nitrogens with zero attached hydrogens (tertiary/aromatic N) is 1. The number of non-ortho nitro benzene ring substituents is 1. The van der Waals surface area contributed by atoms with Crippen molar-refractivity contribution in [3.63, 3.8) is 0 Å². The zero-order valence-electron chi connectivity index (χ0n) is 9.85. The van der Waals surface area contributed by atoms with Gasteiger partial charge in [0.05, 0.1) is 10.6 Å². The van der Waals surface area contributed by atoms with Crippen LogP contribution in [0.2, 0.25) is 0 Å². The molecule has 7 heteroatoms. The molecule has 0 aliphatic heterocycles. The first-order valence-corrected chi connectivity index (χ1v) is 6.22. The normalized spacial score (nSPS) is 11.9. The molecule has 0 bridgehead atoms. The predicted octanol–water partition coefficient (Wildman–Crippen LogP) is 2.42. The fourth-order valence-corrected chi connectivity index (χ4v) is 1.65. The predicted molar refractivity (Wildman–Crippen MR) is 72.3 cm³/mol. The van der Waals surface area contributed by atoms with Gasteiger partial charge in [0.15, 0.2) is 0 Å². The van der Waals surface area contributed by atoms with Crippen LogP contribution < -0.4 is 11.1 Å². The summed E-state index contributed by atoms with van der Waals surface area (Å²) in [6.45, 7) is 1.89. The molecule has 98 valence electrons. The highest BCUT2D eigenvalue weighted by Crippen LogP contribution is 2.27. The van der Waals surface area contributed by atoms with Crippen LogP contribution in [0.5, 0.6) is 0 Å². The van der Waals surface area contributed by atoms with E-state index in [9.17, 15) is 14.9 Å². The average Bonchev–Trinajstić information content (AvgIpc) is 2.31. The van der Waals surface area contributed by atoms with Crippen molar-refractivity contribution in [2.75, 3.05) is 5.32 Å². The average molecular weight is 316 g/mol. The second-order valence-corrected chi connectivity index (χ2v) is 4.70. The minimum absolute atomic E-state index is 0.0757. The van der Waals surface area contributed by atoms with Crippen LogP contribution in [-0.2, 0) is 4.79 Å². The highest BCUT2D eigenvalue weighted by atomic mass is 79.9. The minimum Gasteiger partial charge on any atom is -0.327 e. The van der Waals surface area contributed by atoms with E-state index in [0.717, 1.165) is 0 Å². The second kappa shape index (κ2) is 6.46. The summed E-state index contributed by atoms with van der Waals surface area (Å²) in [5, 5.41) is 13.2. The fourth-order valence-electron chi connectivity index (χ4n) is 1.31. The number of benzene rings is 1. The number of nitro benzene ring substituents is 1. The zero-order valence-corrected chi connectivity index (χ0v) is 11.4. The fraction of sp³-hybridized carbons (Fsp3) is 0.364. The van der Waals surface area contributed by atoms with Gasteiger partial charge in [0.25, 0.3) is 5.69 Å². The molecule has 1 atom stereocenters. The summed E-state index contributed by atoms with van der Waals surface area (Å²) in [5.74, 6) is -0.259. The molecule has 0 aliphatic rings. The lowest BCUT2D eigenvalue weighted by Gasteiger charge is -2.10. The SMILES string of the molecule is CCC(N)CC(=O)Nc1cc([N+](=O)[O-])ccc1Br. The number of rotatable bonds is 5. The van der Waals surface area contributed by atoms with Crippen molar-refractivity contribution in [1.82, 2.24) is 0 Å². The van der Waals surface area contributed by atoms with Crippen molar-refractivity contribution >= 4 is 33.2 Å². The summed E-state index contributed by atoms with van der Waals surface area (Å²) in [5.41, 5.74) is 5.96. The molecule has 0 aliphatic carbocycles. The molecular weight excluding hydrogens is 302 g/mol. The van der Waals surface area contributed by atoms with Gasteiger partial charge in [-0.2, -0.15) is 0 Å². The molecule has 1 amide bonds. The number of amides is 1. The molecule has 0 spiro atoms. The molecule has 3 N–H and O–H groups in total. The van der Waals surface area contributed by atoms with Gasteiger partial charge in [-0.15, -0.1) is 0 Å². The van der Waals surface area contributed by atoms with E-state index in [1.165, 1.54) is 18.2 Å². The van der Waals surface area contributed by atoms with Crippen molar-refractivity contribution in [3.8, 4) is 0 Å². The van der Waals surface area contributed by atoms with Gasteiger partial charge in [-0.25, -0.2) is 0 Å². The van der Waals surface area contributed by atoms with Gasteiger partial charge in [0.2, 0.25) is 5.91 Å². The maximum atomic E-state index is 11.6. The van der Waals surface area contributed by atoms with Gasteiger partial charge in [-0.3, -0.25) is 14.9 Å². The number of carbonyl (C=O) groups is 1. The molecule has 0 aromatic heterocycles. The van der Waals surface area contributed by atoms with E-state index in [1.807, 2.05) is 6.92 Å². The summed E-state index contributed by atoms with van der Waals surface area (Å²) in [7, 11) is 0. The molecule has 0 saturated heterocycles. The highest BCUT2D eigenvalue weighted by molar-refractivity contribution is 9.10. The minimum atomic E-state index is -0.514. The molecule has 0 saturated carbocycles. The summed E-state index contributed by atoms with van der Waals surface area (Å²) in [6, 6.07) is 3.98. The van der Waals surface area contributed by atoms with E-state index in [2.05, 4.69) is 21.2 Å². The number of hydrogen-bond donors (Lipinski definition) is 2. The molecule has 1 unspecified atom stereocenters. The smallest absolute Gasteiger partial charge is 0.271 e. The van der Waals surface area contributed by atoms with Crippen molar-refractivity contribution in [2.24, 2.45) is 5.73 Å². The van der Waals surface area contributed by atoms with Gasteiger partial charge >= 0.3 is 0 Å². The van der Waals surface area contributed by atoms with Crippen LogP contribution in [0.15, 0.2) is 22.7 Å². The van der Waals surface area contributed by atoms with Gasteiger partial charge < -0.3 is 11.1 Å². The Bertz CT molecular complexity index is 465. The Balaban J connectivity index is 2.80. The summed E-state index contributed by atoms with van der Waals surface area (Å²) in [6.07, 6.45) is 0.884. The van der Waals surface area contributed by atoms with E-state index in [0.29, 0.717) is 16.6 Å². The molecule has 0 fully saturated rings. The number of carbonyl (C=O) groups excluding carboxylic acids is 1. The van der Waals surface area contributed by atoms with Crippen molar-refractivity contribution in [3.05, 3.63) is 32.8 Å². The van der Waals surface area contributed by atoms with Crippen LogP contribution in [0.1, 0.15) is 19.8 Å². The van der Waals surface area contributed by atoms with Crippen LogP contribution in [-0.4, -0.2) is 16.9 Å². The molecule has 0 heterocycles. The third kappa shape index (κ3) is 4.08. The maximum Gasteiger partial charge on any atom is 0.271 e. The Morgan fingerprint density at radius 2 is 2.28 bits per heavy atom. The molecule has 18 heavy (non-hydrogen) atoms. The van der Waals surface area contributed by atoms with Gasteiger partial charge in [0, 0.05) is 29.1 Å². The Labute approximate surface area is 113 Å². The molecule has 1 rings (SSSR count). The Morgan fingerprint density at radius 1 is 1.61 bits per heavy atom. The molecule has 6 nitrogen and oxygen atoms in total. The first kappa shape index (κ1) is 14.6. The number of nitrogens with one attached hydrogen (secondary N) is 1. The Kier molecular flexibility index (Phi) is 5.24. The van der Waals surface area contributed by atoms with Crippen LogP contribution in [0.3, 0.4) is 0 Å². The van der Waals surface area contributed by atoms with E-state index in [4.69, 9.17) is 5.73 Å². The summed E-state index contributed by atoms with van der Waals surface area (Å²) >= 11 is 3.22. The van der Waals surface area contributed by atoms with Crippen LogP contribution in [0.4, 0.5) is 11.4 Å². The largest absolute Gasteiger partial charge is 0.327 e. The summed E-state index contributed by atoms with van der Waals surface area (Å²) in [4.78, 5) is 21.8. The van der Waals surface area contributed by atoms with Gasteiger partial charge in [-0.1, -0.05) is 6.92 Å². The van der Waals surface area contributed by atoms with Crippen molar-refractivity contribution < 1.29 is 9.72 Å². The molecule has 1 aromatic carbocycles. The van der Waals surface area contributed by atoms with E-state index < -0.39 is 4.92 Å². The van der Waals surface area contributed by atoms with E-state index >= 15 is 0 Å². The van der Waals surface area contributed by atoms with Crippen molar-refractivity contribution in [2.45, 2.75) is 25.8 Å². The number of hydrogen-bond acceptors (Lipinski definition) is 4. The maximum absolute atomic E-state index is 11.6. The zero-order chi connectivity index (χ0) is 13.7. The lowest BCUT2D eigenvalue weighted by Crippen LogP contribution is -2.26. The Morgan fingerprint density at radius 3 is 2.83 bits per heavy atom. The summed E-state index contributed by atoms with van der Waals surface area (Å²) < 4.78 is 0.589. The van der Waals surface area contributed by atoms with Crippen LogP contribution in [0.25, 0.3) is 0 Å². The number of nitrogens with two attached hydrogens (primary N) is 1. The Hall–Kier alpha value is -1.47. The van der Waals surface area contributed by atoms with Crippen LogP contribution in [0, 0.1) is 10.1 Å². The monoisotopic (exact) mass is 315 g/mol. The van der Waals surface area contributed by atoms with Gasteiger partial charge in [0.1, 0.15) is 0 Å². The van der Waals surface area contributed by atoms with E-state index in [1.54, 1.807) is 0 Å². The standard InChI is InChI=1S/C11H14BrN3O3/c1-2-7(13)5-11(16)14-10-6-8(15(17)18)3-4-9(10)12/h3-4,6-7H,2,5,13H2,1H3,(H,14,16). The second-order valence-electron chi connectivity index (χ2n) is 3.84. The first-order chi connectivity index (χ1) is 8.43. The molecule has 1 aromatic rings. The lowest BCUT2D eigenvalue weighted by molar-refractivity contribution is -0.384. The van der Waals surface area contributed by atoms with Crippen molar-refractivity contribution in [1.29, 1.82) is 0 Å². The lowest BCUT2D eigenvalue weighted by atomic mass is 10.1.